The summed E-state index contributed by atoms with van der Waals surface area (Å²) in [6.07, 6.45) is 26.5. The van der Waals surface area contributed by atoms with Gasteiger partial charge in [0.05, 0.1) is 6.04 Å². The second kappa shape index (κ2) is 14.0. The first kappa shape index (κ1) is 31.7. The molecule has 2 fully saturated rings. The zero-order valence-corrected chi connectivity index (χ0v) is 28.2. The van der Waals surface area contributed by atoms with Gasteiger partial charge in [-0.25, -0.2) is 0 Å². The highest BCUT2D eigenvalue weighted by Crippen LogP contribution is 2.48. The van der Waals surface area contributed by atoms with Gasteiger partial charge in [-0.2, -0.15) is 0 Å². The molecule has 2 bridgehead atoms. The van der Waals surface area contributed by atoms with Crippen LogP contribution in [0.5, 0.6) is 0 Å². The first-order chi connectivity index (χ1) is 20.3. The Kier molecular flexibility index (Phi) is 10.6. The highest BCUT2D eigenvalue weighted by molar-refractivity contribution is 6.06. The van der Waals surface area contributed by atoms with Gasteiger partial charge in [-0.05, 0) is 106 Å². The fourth-order valence-corrected chi connectivity index (χ4v) is 9.61. The van der Waals surface area contributed by atoms with E-state index in [-0.39, 0.29) is 0 Å². The maximum atomic E-state index is 5.78. The van der Waals surface area contributed by atoms with Crippen molar-refractivity contribution in [3.05, 3.63) is 59.3 Å². The summed E-state index contributed by atoms with van der Waals surface area (Å²) in [5.74, 6) is 4.87. The Hall–Kier alpha value is -1.67. The fraction of sp³-hybridized carbons (Fsp3) is 0.725. The molecule has 3 aliphatic carbocycles. The van der Waals surface area contributed by atoms with E-state index in [9.17, 15) is 0 Å². The largest absolute Gasteiger partial charge is 0.307 e. The van der Waals surface area contributed by atoms with E-state index in [1.165, 1.54) is 69.9 Å². The Morgan fingerprint density at radius 1 is 1.17 bits per heavy atom. The van der Waals surface area contributed by atoms with Crippen LogP contribution in [0, 0.1) is 47.3 Å². The van der Waals surface area contributed by atoms with Crippen molar-refractivity contribution < 1.29 is 0 Å². The predicted molar refractivity (Wildman–Crippen MR) is 183 cm³/mol. The molecule has 9 unspecified atom stereocenters. The zero-order chi connectivity index (χ0) is 30.0. The second-order valence-electron chi connectivity index (χ2n) is 14.8. The van der Waals surface area contributed by atoms with Crippen molar-refractivity contribution >= 4 is 5.71 Å². The van der Waals surface area contributed by atoms with Gasteiger partial charge in [0.25, 0.3) is 0 Å². The Morgan fingerprint density at radius 2 is 1.93 bits per heavy atom. The van der Waals surface area contributed by atoms with Gasteiger partial charge in [0, 0.05) is 29.6 Å². The molecule has 0 radical (unpaired) electrons. The van der Waals surface area contributed by atoms with Gasteiger partial charge in [-0.15, -0.1) is 6.58 Å². The van der Waals surface area contributed by atoms with E-state index in [4.69, 9.17) is 4.99 Å². The van der Waals surface area contributed by atoms with Crippen LogP contribution in [0.4, 0.5) is 0 Å². The minimum Gasteiger partial charge on any atom is -0.307 e. The molecule has 0 spiro atoms. The third-order valence-electron chi connectivity index (χ3n) is 12.2. The van der Waals surface area contributed by atoms with E-state index >= 15 is 0 Å². The quantitative estimate of drug-likeness (QED) is 0.219. The molecule has 2 heterocycles. The van der Waals surface area contributed by atoms with E-state index in [0.29, 0.717) is 53.6 Å². The molecule has 5 aliphatic rings. The van der Waals surface area contributed by atoms with Crippen LogP contribution in [0.1, 0.15) is 119 Å². The number of dihydropyridines is 1. The van der Waals surface area contributed by atoms with Crippen LogP contribution in [0.25, 0.3) is 0 Å². The first-order valence-electron chi connectivity index (χ1n) is 18.1. The van der Waals surface area contributed by atoms with Crippen molar-refractivity contribution in [2.75, 3.05) is 0 Å². The monoisotopic (exact) mass is 570 g/mol. The molecule has 2 aliphatic heterocycles. The lowest BCUT2D eigenvalue weighted by molar-refractivity contribution is 0.256. The summed E-state index contributed by atoms with van der Waals surface area (Å²) in [5, 5.41) is 4.32. The molecule has 1 saturated carbocycles. The molecule has 9 atom stereocenters. The van der Waals surface area contributed by atoms with Gasteiger partial charge >= 0.3 is 0 Å². The van der Waals surface area contributed by atoms with Crippen molar-refractivity contribution in [3.63, 3.8) is 0 Å². The Morgan fingerprint density at radius 3 is 2.52 bits per heavy atom. The van der Waals surface area contributed by atoms with Gasteiger partial charge in [0.2, 0.25) is 0 Å². The van der Waals surface area contributed by atoms with E-state index in [1.54, 1.807) is 22.3 Å². The third kappa shape index (κ3) is 6.27. The lowest BCUT2D eigenvalue weighted by Gasteiger charge is -2.49. The highest BCUT2D eigenvalue weighted by atomic mass is 15.0. The summed E-state index contributed by atoms with van der Waals surface area (Å²) in [6, 6.07) is 1.14. The normalized spacial score (nSPS) is 34.6. The van der Waals surface area contributed by atoms with Crippen molar-refractivity contribution in [2.45, 2.75) is 137 Å². The molecule has 1 N–H and O–H groups in total. The van der Waals surface area contributed by atoms with Crippen molar-refractivity contribution in [3.8, 4) is 0 Å². The number of fused-ring (bicyclic) bond motifs is 3. The summed E-state index contributed by atoms with van der Waals surface area (Å²) >= 11 is 0. The molecule has 42 heavy (non-hydrogen) atoms. The lowest BCUT2D eigenvalue weighted by atomic mass is 9.64. The molecule has 0 aromatic rings. The number of rotatable bonds is 13. The van der Waals surface area contributed by atoms with Crippen LogP contribution in [0.2, 0.25) is 0 Å². The summed E-state index contributed by atoms with van der Waals surface area (Å²) < 4.78 is 0. The zero-order valence-electron chi connectivity index (χ0n) is 28.2. The molecule has 0 amide bonds. The Labute approximate surface area is 259 Å². The van der Waals surface area contributed by atoms with Crippen molar-refractivity contribution in [1.82, 2.24) is 5.32 Å². The first-order valence-corrected chi connectivity index (χ1v) is 18.1. The standard InChI is InChI=1S/C40H62N2/c1-9-15-32(26(7)20-25(6)31-16-14-17-31)24-36-39-38(30(10-2)11-3)34(12-4)35(13-5)42-40(39)37(27(8)41-36)33-22-28-18-19-29(21-28)23-33/h12,18-20,22,26-27,29-37,41H,4,9-11,13-17,21,23-24H2,1-3,5-8H3. The number of nitrogens with zero attached hydrogens (tertiary/aromatic N) is 1. The minimum atomic E-state index is 0.329. The number of aliphatic imine (C=N–C) groups is 1. The third-order valence-corrected chi connectivity index (χ3v) is 12.2. The van der Waals surface area contributed by atoms with Gasteiger partial charge in [-0.3, -0.25) is 4.99 Å². The van der Waals surface area contributed by atoms with Crippen molar-refractivity contribution in [2.24, 2.45) is 52.3 Å². The van der Waals surface area contributed by atoms with Crippen LogP contribution < -0.4 is 5.32 Å². The topological polar surface area (TPSA) is 24.4 Å². The van der Waals surface area contributed by atoms with Crippen LogP contribution in [-0.4, -0.2) is 23.8 Å². The molecule has 0 aromatic heterocycles. The minimum absolute atomic E-state index is 0.329. The molecule has 232 valence electrons. The second-order valence-corrected chi connectivity index (χ2v) is 14.8. The average Bonchev–Trinajstić information content (AvgIpc) is 3.28. The summed E-state index contributed by atoms with van der Waals surface area (Å²) in [6.45, 7) is 21.4. The average molecular weight is 571 g/mol. The summed E-state index contributed by atoms with van der Waals surface area (Å²) in [4.78, 5) is 5.78. The molecule has 2 heteroatoms. The predicted octanol–water partition coefficient (Wildman–Crippen LogP) is 10.4. The number of nitrogens with one attached hydrogen (secondary N) is 1. The SMILES string of the molecule is C=CC1C(C(CC)CC)=C2C(=NC1CC)C(C1C=C3C=CC(C3)C1)C(C)NC2CC(CCC)C(C)C=C(C)C1CCC1. The van der Waals surface area contributed by atoms with Crippen LogP contribution in [0.3, 0.4) is 0 Å². The van der Waals surface area contributed by atoms with E-state index in [1.807, 2.05) is 0 Å². The summed E-state index contributed by atoms with van der Waals surface area (Å²) in [7, 11) is 0. The van der Waals surface area contributed by atoms with E-state index in [2.05, 4.69) is 90.7 Å². The molecular weight excluding hydrogens is 508 g/mol. The number of hydrogen-bond donors (Lipinski definition) is 1. The van der Waals surface area contributed by atoms with Crippen LogP contribution in [0.15, 0.2) is 64.2 Å². The molecule has 1 saturated heterocycles. The molecule has 2 nitrogen and oxygen atoms in total. The fourth-order valence-electron chi connectivity index (χ4n) is 9.61. The van der Waals surface area contributed by atoms with E-state index < -0.39 is 0 Å². The highest BCUT2D eigenvalue weighted by Gasteiger charge is 2.47. The van der Waals surface area contributed by atoms with Crippen LogP contribution in [-0.2, 0) is 0 Å². The van der Waals surface area contributed by atoms with Gasteiger partial charge < -0.3 is 5.32 Å². The van der Waals surface area contributed by atoms with Gasteiger partial charge in [0.1, 0.15) is 0 Å². The maximum Gasteiger partial charge on any atom is 0.0600 e. The molecule has 5 rings (SSSR count). The Balaban J connectivity index is 1.56. The number of allylic oxidation sites excluding steroid dienone is 6. The van der Waals surface area contributed by atoms with Crippen LogP contribution >= 0.6 is 0 Å². The number of hydrogen-bond acceptors (Lipinski definition) is 2. The van der Waals surface area contributed by atoms with Gasteiger partial charge in [0.15, 0.2) is 0 Å². The lowest BCUT2D eigenvalue weighted by Crippen LogP contribution is -2.57. The summed E-state index contributed by atoms with van der Waals surface area (Å²) in [5.41, 5.74) is 8.04. The Bertz CT molecular complexity index is 1110. The smallest absolute Gasteiger partial charge is 0.0600 e. The van der Waals surface area contributed by atoms with E-state index in [0.717, 1.165) is 18.3 Å². The maximum absolute atomic E-state index is 5.78. The van der Waals surface area contributed by atoms with Gasteiger partial charge in [-0.1, -0.05) is 101 Å². The number of piperidine rings is 1. The van der Waals surface area contributed by atoms with Crippen molar-refractivity contribution in [1.29, 1.82) is 0 Å². The molecule has 0 aromatic carbocycles. The molecular formula is C40H62N2.